The van der Waals surface area contributed by atoms with E-state index < -0.39 is 18.0 Å². The van der Waals surface area contributed by atoms with E-state index in [0.717, 1.165) is 12.8 Å². The minimum atomic E-state index is -1.04. The van der Waals surface area contributed by atoms with Crippen LogP contribution in [0.5, 0.6) is 0 Å². The van der Waals surface area contributed by atoms with Gasteiger partial charge in [-0.2, -0.15) is 0 Å². The number of amides is 2. The highest BCUT2D eigenvalue weighted by Crippen LogP contribution is 2.27. The number of carbonyl (C=O) groups is 2. The summed E-state index contributed by atoms with van der Waals surface area (Å²) in [6, 6.07) is -1.23. The molecule has 2 unspecified atom stereocenters. The van der Waals surface area contributed by atoms with Crippen molar-refractivity contribution in [3.63, 3.8) is 0 Å². The molecular formula is C13H22N2O3. The van der Waals surface area contributed by atoms with E-state index in [1.807, 2.05) is 6.92 Å². The van der Waals surface area contributed by atoms with Crippen molar-refractivity contribution in [3.8, 4) is 0 Å². The van der Waals surface area contributed by atoms with Crippen molar-refractivity contribution in [2.45, 2.75) is 51.1 Å². The number of rotatable bonds is 6. The molecule has 1 aliphatic carbocycles. The van der Waals surface area contributed by atoms with Crippen LogP contribution in [-0.4, -0.2) is 29.2 Å². The third-order valence-electron chi connectivity index (χ3n) is 3.47. The lowest BCUT2D eigenvalue weighted by Gasteiger charge is -2.22. The van der Waals surface area contributed by atoms with Crippen LogP contribution in [-0.2, 0) is 4.79 Å². The summed E-state index contributed by atoms with van der Waals surface area (Å²) >= 11 is 0. The molecule has 0 radical (unpaired) electrons. The largest absolute Gasteiger partial charge is 0.480 e. The monoisotopic (exact) mass is 254 g/mol. The lowest BCUT2D eigenvalue weighted by atomic mass is 10.0. The van der Waals surface area contributed by atoms with E-state index in [0.29, 0.717) is 5.92 Å². The van der Waals surface area contributed by atoms with Gasteiger partial charge in [0.25, 0.3) is 0 Å². The summed E-state index contributed by atoms with van der Waals surface area (Å²) in [7, 11) is 0. The zero-order valence-electron chi connectivity index (χ0n) is 10.8. The van der Waals surface area contributed by atoms with Gasteiger partial charge in [0.05, 0.1) is 0 Å². The smallest absolute Gasteiger partial charge is 0.326 e. The normalized spacial score (nSPS) is 18.9. The van der Waals surface area contributed by atoms with Gasteiger partial charge < -0.3 is 15.7 Å². The van der Waals surface area contributed by atoms with E-state index in [1.54, 1.807) is 0 Å². The van der Waals surface area contributed by atoms with Gasteiger partial charge in [-0.3, -0.25) is 0 Å². The molecule has 2 amide bonds. The van der Waals surface area contributed by atoms with Gasteiger partial charge in [-0.25, -0.2) is 9.59 Å². The summed E-state index contributed by atoms with van der Waals surface area (Å²) < 4.78 is 0. The standard InChI is InChI=1S/C13H22N2O3/c1-3-6-11(12(16)17)15-13(18)14-9(2)10-7-4-5-8-10/h3,9-11H,1,4-8H2,2H3,(H,16,17)(H2,14,15,18). The molecule has 0 aromatic rings. The fourth-order valence-electron chi connectivity index (χ4n) is 2.37. The molecular weight excluding hydrogens is 232 g/mol. The quantitative estimate of drug-likeness (QED) is 0.633. The molecule has 5 heteroatoms. The fourth-order valence-corrected chi connectivity index (χ4v) is 2.37. The first-order chi connectivity index (χ1) is 8.54. The second kappa shape index (κ2) is 7.03. The van der Waals surface area contributed by atoms with Crippen LogP contribution in [0.15, 0.2) is 12.7 Å². The number of urea groups is 1. The number of hydrogen-bond donors (Lipinski definition) is 3. The molecule has 0 aliphatic heterocycles. The van der Waals surface area contributed by atoms with Crippen LogP contribution in [0.4, 0.5) is 4.79 Å². The summed E-state index contributed by atoms with van der Waals surface area (Å²) in [4.78, 5) is 22.6. The van der Waals surface area contributed by atoms with E-state index >= 15 is 0 Å². The predicted molar refractivity (Wildman–Crippen MR) is 69.3 cm³/mol. The van der Waals surface area contributed by atoms with Crippen molar-refractivity contribution in [1.29, 1.82) is 0 Å². The van der Waals surface area contributed by atoms with Crippen molar-refractivity contribution < 1.29 is 14.7 Å². The highest BCUT2D eigenvalue weighted by Gasteiger charge is 2.24. The number of carboxylic acid groups (broad SMARTS) is 1. The average molecular weight is 254 g/mol. The Morgan fingerprint density at radius 2 is 2.00 bits per heavy atom. The SMILES string of the molecule is C=CCC(NC(=O)NC(C)C1CCCC1)C(=O)O. The Morgan fingerprint density at radius 1 is 1.39 bits per heavy atom. The van der Waals surface area contributed by atoms with E-state index in [9.17, 15) is 9.59 Å². The molecule has 18 heavy (non-hydrogen) atoms. The summed E-state index contributed by atoms with van der Waals surface area (Å²) in [6.45, 7) is 5.45. The molecule has 1 fully saturated rings. The van der Waals surface area contributed by atoms with E-state index in [1.165, 1.54) is 18.9 Å². The third kappa shape index (κ3) is 4.39. The molecule has 0 aromatic carbocycles. The van der Waals surface area contributed by atoms with Gasteiger partial charge in [-0.15, -0.1) is 6.58 Å². The minimum absolute atomic E-state index is 0.0886. The second-order valence-electron chi connectivity index (χ2n) is 4.87. The Balaban J connectivity index is 2.39. The Labute approximate surface area is 108 Å². The number of carboxylic acids is 1. The Morgan fingerprint density at radius 3 is 2.50 bits per heavy atom. The fraction of sp³-hybridized carbons (Fsp3) is 0.692. The number of hydrogen-bond acceptors (Lipinski definition) is 2. The highest BCUT2D eigenvalue weighted by molar-refractivity contribution is 5.82. The maximum atomic E-state index is 11.7. The summed E-state index contributed by atoms with van der Waals surface area (Å²) in [5.41, 5.74) is 0. The molecule has 102 valence electrons. The molecule has 1 saturated carbocycles. The molecule has 3 N–H and O–H groups in total. The molecule has 0 spiro atoms. The number of nitrogens with one attached hydrogen (secondary N) is 2. The molecule has 1 aliphatic rings. The first kappa shape index (κ1) is 14.5. The maximum Gasteiger partial charge on any atom is 0.326 e. The zero-order chi connectivity index (χ0) is 13.5. The van der Waals surface area contributed by atoms with Crippen molar-refractivity contribution in [1.82, 2.24) is 10.6 Å². The van der Waals surface area contributed by atoms with Gasteiger partial charge in [0, 0.05) is 6.04 Å². The van der Waals surface area contributed by atoms with E-state index in [2.05, 4.69) is 17.2 Å². The van der Waals surface area contributed by atoms with Gasteiger partial charge in [-0.1, -0.05) is 18.9 Å². The van der Waals surface area contributed by atoms with Crippen molar-refractivity contribution in [2.24, 2.45) is 5.92 Å². The minimum Gasteiger partial charge on any atom is -0.480 e. The van der Waals surface area contributed by atoms with Crippen molar-refractivity contribution in [2.75, 3.05) is 0 Å². The maximum absolute atomic E-state index is 11.7. The first-order valence-electron chi connectivity index (χ1n) is 6.45. The molecule has 5 nitrogen and oxygen atoms in total. The van der Waals surface area contributed by atoms with Gasteiger partial charge in [0.15, 0.2) is 0 Å². The van der Waals surface area contributed by atoms with Gasteiger partial charge in [0.2, 0.25) is 0 Å². The molecule has 0 aromatic heterocycles. The van der Waals surface area contributed by atoms with Gasteiger partial charge in [0.1, 0.15) is 6.04 Å². The third-order valence-corrected chi connectivity index (χ3v) is 3.47. The highest BCUT2D eigenvalue weighted by atomic mass is 16.4. The van der Waals surface area contributed by atoms with Crippen molar-refractivity contribution in [3.05, 3.63) is 12.7 Å². The molecule has 0 saturated heterocycles. The number of aliphatic carboxylic acids is 1. The summed E-state index contributed by atoms with van der Waals surface area (Å²) in [6.07, 6.45) is 6.41. The van der Waals surface area contributed by atoms with Gasteiger partial charge >= 0.3 is 12.0 Å². The molecule has 0 bridgehead atoms. The van der Waals surface area contributed by atoms with Crippen LogP contribution in [0.2, 0.25) is 0 Å². The first-order valence-corrected chi connectivity index (χ1v) is 6.45. The van der Waals surface area contributed by atoms with E-state index in [-0.39, 0.29) is 12.5 Å². The van der Waals surface area contributed by atoms with Crippen molar-refractivity contribution >= 4 is 12.0 Å². The van der Waals surface area contributed by atoms with Crippen LogP contribution >= 0.6 is 0 Å². The van der Waals surface area contributed by atoms with E-state index in [4.69, 9.17) is 5.11 Å². The van der Waals surface area contributed by atoms with Crippen LogP contribution in [0.25, 0.3) is 0 Å². The molecule has 2 atom stereocenters. The van der Waals surface area contributed by atoms with Crippen LogP contribution < -0.4 is 10.6 Å². The van der Waals surface area contributed by atoms with Crippen LogP contribution in [0, 0.1) is 5.92 Å². The predicted octanol–water partition coefficient (Wildman–Crippen LogP) is 1.89. The lowest BCUT2D eigenvalue weighted by molar-refractivity contribution is -0.139. The topological polar surface area (TPSA) is 78.4 Å². The average Bonchev–Trinajstić information content (AvgIpc) is 2.81. The summed E-state index contributed by atoms with van der Waals surface area (Å²) in [5, 5.41) is 14.2. The molecule has 1 rings (SSSR count). The summed E-state index contributed by atoms with van der Waals surface area (Å²) in [5.74, 6) is -0.531. The number of carbonyl (C=O) groups excluding carboxylic acids is 1. The zero-order valence-corrected chi connectivity index (χ0v) is 10.8. The Hall–Kier alpha value is -1.52. The second-order valence-corrected chi connectivity index (χ2v) is 4.87. The lowest BCUT2D eigenvalue weighted by Crippen LogP contribution is -2.49. The van der Waals surface area contributed by atoms with Gasteiger partial charge in [-0.05, 0) is 32.1 Å². The Kier molecular flexibility index (Phi) is 5.68. The Bertz CT molecular complexity index is 311. The molecule has 0 heterocycles. The van der Waals surface area contributed by atoms with Crippen LogP contribution in [0.3, 0.4) is 0 Å². The van der Waals surface area contributed by atoms with Crippen LogP contribution in [0.1, 0.15) is 39.0 Å².